The Morgan fingerprint density at radius 2 is 1.83 bits per heavy atom. The molecule has 1 aliphatic heterocycles. The molecule has 9 nitrogen and oxygen atoms in total. The number of amides is 2. The Morgan fingerprint density at radius 1 is 1.13 bits per heavy atom. The van der Waals surface area contributed by atoms with E-state index in [2.05, 4.69) is 20.9 Å². The average molecular weight is 420 g/mol. The van der Waals surface area contributed by atoms with Crippen LogP contribution in [-0.2, 0) is 16.1 Å². The summed E-state index contributed by atoms with van der Waals surface area (Å²) in [5, 5.41) is 9.39. The van der Waals surface area contributed by atoms with Crippen LogP contribution in [0, 0.1) is 0 Å². The van der Waals surface area contributed by atoms with E-state index in [1.807, 2.05) is 31.2 Å². The lowest BCUT2D eigenvalue weighted by atomic mass is 10.1. The quantitative estimate of drug-likeness (QED) is 0.436. The highest BCUT2D eigenvalue weighted by Crippen LogP contribution is 2.12. The summed E-state index contributed by atoms with van der Waals surface area (Å²) in [5.41, 5.74) is 0.992. The minimum Gasteiger partial charge on any atom is -0.497 e. The van der Waals surface area contributed by atoms with Crippen LogP contribution in [0.2, 0.25) is 0 Å². The summed E-state index contributed by atoms with van der Waals surface area (Å²) in [6, 6.07) is 7.74. The molecule has 0 spiro atoms. The van der Waals surface area contributed by atoms with E-state index in [0.29, 0.717) is 38.7 Å². The molecule has 30 heavy (non-hydrogen) atoms. The van der Waals surface area contributed by atoms with Gasteiger partial charge in [0.2, 0.25) is 5.91 Å². The molecule has 2 rings (SSSR count). The van der Waals surface area contributed by atoms with E-state index >= 15 is 0 Å². The standard InChI is InChI=1S/C21H33N5O4/c1-4-22-20(25-17-10-12-26(13-11-17)21(28)30-5-2)24-15-19(27)23-14-16-6-8-18(29-3)9-7-16/h6-9,17H,4-5,10-15H2,1-3H3,(H,23,27)(H2,22,24,25). The van der Waals surface area contributed by atoms with Crippen LogP contribution < -0.4 is 20.7 Å². The number of carbonyl (C=O) groups is 2. The molecular weight excluding hydrogens is 386 g/mol. The van der Waals surface area contributed by atoms with Gasteiger partial charge in [-0.1, -0.05) is 12.1 Å². The summed E-state index contributed by atoms with van der Waals surface area (Å²) >= 11 is 0. The number of methoxy groups -OCH3 is 1. The van der Waals surface area contributed by atoms with Crippen molar-refractivity contribution in [3.8, 4) is 5.75 Å². The normalized spacial score (nSPS) is 14.8. The maximum atomic E-state index is 12.2. The molecule has 9 heteroatoms. The van der Waals surface area contributed by atoms with E-state index in [1.165, 1.54) is 0 Å². The van der Waals surface area contributed by atoms with Gasteiger partial charge in [-0.05, 0) is 44.4 Å². The van der Waals surface area contributed by atoms with Gasteiger partial charge in [-0.15, -0.1) is 0 Å². The van der Waals surface area contributed by atoms with Crippen LogP contribution in [-0.4, -0.2) is 68.8 Å². The van der Waals surface area contributed by atoms with Crippen molar-refractivity contribution in [2.45, 2.75) is 39.3 Å². The van der Waals surface area contributed by atoms with E-state index in [9.17, 15) is 9.59 Å². The van der Waals surface area contributed by atoms with Gasteiger partial charge < -0.3 is 30.3 Å². The Kier molecular flexibility index (Phi) is 9.76. The number of nitrogens with zero attached hydrogens (tertiary/aromatic N) is 2. The lowest BCUT2D eigenvalue weighted by Gasteiger charge is -2.32. The van der Waals surface area contributed by atoms with Crippen molar-refractivity contribution >= 4 is 18.0 Å². The third-order valence-electron chi connectivity index (χ3n) is 4.74. The van der Waals surface area contributed by atoms with E-state index in [1.54, 1.807) is 18.9 Å². The first-order chi connectivity index (χ1) is 14.5. The monoisotopic (exact) mass is 419 g/mol. The van der Waals surface area contributed by atoms with Gasteiger partial charge in [-0.2, -0.15) is 0 Å². The zero-order valence-electron chi connectivity index (χ0n) is 18.1. The number of hydrogen-bond acceptors (Lipinski definition) is 5. The maximum absolute atomic E-state index is 12.2. The van der Waals surface area contributed by atoms with Crippen molar-refractivity contribution in [3.05, 3.63) is 29.8 Å². The first-order valence-electron chi connectivity index (χ1n) is 10.4. The molecule has 0 aliphatic carbocycles. The van der Waals surface area contributed by atoms with Gasteiger partial charge in [0.1, 0.15) is 12.3 Å². The second-order valence-corrected chi connectivity index (χ2v) is 6.92. The molecule has 3 N–H and O–H groups in total. The number of nitrogens with one attached hydrogen (secondary N) is 3. The van der Waals surface area contributed by atoms with Gasteiger partial charge in [-0.3, -0.25) is 4.79 Å². The number of hydrogen-bond donors (Lipinski definition) is 3. The van der Waals surface area contributed by atoms with Crippen LogP contribution in [0.5, 0.6) is 5.75 Å². The number of guanidine groups is 1. The summed E-state index contributed by atoms with van der Waals surface area (Å²) in [4.78, 5) is 30.1. The zero-order chi connectivity index (χ0) is 21.8. The fourth-order valence-electron chi connectivity index (χ4n) is 3.09. The van der Waals surface area contributed by atoms with Crippen LogP contribution in [0.3, 0.4) is 0 Å². The fourth-order valence-corrected chi connectivity index (χ4v) is 3.09. The number of likely N-dealkylation sites (tertiary alicyclic amines) is 1. The van der Waals surface area contributed by atoms with Gasteiger partial charge in [-0.25, -0.2) is 9.79 Å². The SMILES string of the molecule is CCNC(=NCC(=O)NCc1ccc(OC)cc1)NC1CCN(C(=O)OCC)CC1. The molecule has 1 aromatic rings. The molecule has 166 valence electrons. The number of rotatable bonds is 8. The van der Waals surface area contributed by atoms with Crippen LogP contribution >= 0.6 is 0 Å². The molecule has 1 saturated heterocycles. The topological polar surface area (TPSA) is 104 Å². The van der Waals surface area contributed by atoms with Gasteiger partial charge >= 0.3 is 6.09 Å². The molecule has 0 aromatic heterocycles. The van der Waals surface area contributed by atoms with Crippen molar-refractivity contribution in [1.82, 2.24) is 20.9 Å². The summed E-state index contributed by atoms with van der Waals surface area (Å²) in [6.45, 7) is 6.61. The molecule has 2 amide bonds. The van der Waals surface area contributed by atoms with E-state index < -0.39 is 0 Å². The van der Waals surface area contributed by atoms with Crippen LogP contribution in [0.4, 0.5) is 4.79 Å². The van der Waals surface area contributed by atoms with Gasteiger partial charge in [0, 0.05) is 32.2 Å². The van der Waals surface area contributed by atoms with Crippen molar-refractivity contribution in [1.29, 1.82) is 0 Å². The number of aliphatic imine (C=N–C) groups is 1. The smallest absolute Gasteiger partial charge is 0.409 e. The number of carbonyl (C=O) groups excluding carboxylic acids is 2. The van der Waals surface area contributed by atoms with Gasteiger partial charge in [0.25, 0.3) is 0 Å². The lowest BCUT2D eigenvalue weighted by Crippen LogP contribution is -2.50. The van der Waals surface area contributed by atoms with Crippen LogP contribution in [0.15, 0.2) is 29.3 Å². The molecule has 1 fully saturated rings. The molecule has 1 aromatic carbocycles. The summed E-state index contributed by atoms with van der Waals surface area (Å²) in [5.74, 6) is 1.23. The highest BCUT2D eigenvalue weighted by atomic mass is 16.6. The van der Waals surface area contributed by atoms with Crippen molar-refractivity contribution in [2.75, 3.05) is 39.9 Å². The molecule has 0 radical (unpaired) electrons. The first-order valence-corrected chi connectivity index (χ1v) is 10.4. The zero-order valence-corrected chi connectivity index (χ0v) is 18.1. The highest BCUT2D eigenvalue weighted by Gasteiger charge is 2.24. The van der Waals surface area contributed by atoms with Gasteiger partial charge in [0.05, 0.1) is 13.7 Å². The average Bonchev–Trinajstić information content (AvgIpc) is 2.77. The fraction of sp³-hybridized carbons (Fsp3) is 0.571. The third kappa shape index (κ3) is 7.81. The number of benzene rings is 1. The summed E-state index contributed by atoms with van der Waals surface area (Å²) in [7, 11) is 1.62. The number of ether oxygens (including phenoxy) is 2. The molecule has 0 unspecified atom stereocenters. The van der Waals surface area contributed by atoms with Crippen molar-refractivity contribution < 1.29 is 19.1 Å². The van der Waals surface area contributed by atoms with E-state index in [4.69, 9.17) is 9.47 Å². The molecular formula is C21H33N5O4. The molecule has 1 heterocycles. The second-order valence-electron chi connectivity index (χ2n) is 6.92. The molecule has 1 aliphatic rings. The second kappa shape index (κ2) is 12.6. The Labute approximate surface area is 178 Å². The lowest BCUT2D eigenvalue weighted by molar-refractivity contribution is -0.119. The Morgan fingerprint density at radius 3 is 2.43 bits per heavy atom. The maximum Gasteiger partial charge on any atom is 0.409 e. The predicted molar refractivity (Wildman–Crippen MR) is 116 cm³/mol. The minimum atomic E-state index is -0.259. The summed E-state index contributed by atoms with van der Waals surface area (Å²) < 4.78 is 10.2. The molecule has 0 saturated carbocycles. The summed E-state index contributed by atoms with van der Waals surface area (Å²) in [6.07, 6.45) is 1.34. The molecule has 0 bridgehead atoms. The van der Waals surface area contributed by atoms with Crippen LogP contribution in [0.1, 0.15) is 32.3 Å². The van der Waals surface area contributed by atoms with Crippen molar-refractivity contribution in [3.63, 3.8) is 0 Å². The number of piperidine rings is 1. The Bertz CT molecular complexity index is 700. The highest BCUT2D eigenvalue weighted by molar-refractivity contribution is 5.85. The predicted octanol–water partition coefficient (Wildman–Crippen LogP) is 1.49. The first kappa shape index (κ1) is 23.3. The van der Waals surface area contributed by atoms with E-state index in [0.717, 1.165) is 24.2 Å². The Hall–Kier alpha value is -2.97. The largest absolute Gasteiger partial charge is 0.497 e. The van der Waals surface area contributed by atoms with Gasteiger partial charge in [0.15, 0.2) is 5.96 Å². The molecule has 0 atom stereocenters. The minimum absolute atomic E-state index is 0.0349. The van der Waals surface area contributed by atoms with Crippen molar-refractivity contribution in [2.24, 2.45) is 4.99 Å². The van der Waals surface area contributed by atoms with E-state index in [-0.39, 0.29) is 24.6 Å². The third-order valence-corrected chi connectivity index (χ3v) is 4.74. The van der Waals surface area contributed by atoms with Crippen LogP contribution in [0.25, 0.3) is 0 Å². The Balaban J connectivity index is 1.77.